The van der Waals surface area contributed by atoms with E-state index in [-0.39, 0.29) is 0 Å². The summed E-state index contributed by atoms with van der Waals surface area (Å²) in [5.41, 5.74) is 1.35. The predicted octanol–water partition coefficient (Wildman–Crippen LogP) is 1.56. The molecule has 0 atom stereocenters. The molecule has 0 unspecified atom stereocenters. The lowest BCUT2D eigenvalue weighted by atomic mass is 10.1. The molecule has 0 aliphatic rings. The molecule has 0 aromatic carbocycles. The number of ether oxygens (including phenoxy) is 1. The molecule has 0 aliphatic heterocycles. The van der Waals surface area contributed by atoms with Crippen LogP contribution >= 0.6 is 0 Å². The van der Waals surface area contributed by atoms with Gasteiger partial charge in [-0.05, 0) is 13.8 Å². The fourth-order valence-electron chi connectivity index (χ4n) is 1.53. The number of nitrogens with zero attached hydrogens (tertiary/aromatic N) is 3. The Morgan fingerprint density at radius 2 is 2.35 bits per heavy atom. The van der Waals surface area contributed by atoms with Crippen molar-refractivity contribution in [2.75, 3.05) is 6.61 Å². The summed E-state index contributed by atoms with van der Waals surface area (Å²) in [5, 5.41) is 3.85. The molecule has 2 aromatic rings. The number of rotatable bonds is 3. The molecule has 2 rings (SSSR count). The topological polar surface area (TPSA) is 70.2 Å². The Morgan fingerprint density at radius 1 is 1.59 bits per heavy atom. The van der Waals surface area contributed by atoms with Crippen molar-refractivity contribution in [1.29, 1.82) is 0 Å². The van der Waals surface area contributed by atoms with Crippen LogP contribution in [0.25, 0.3) is 11.4 Å². The maximum Gasteiger partial charge on any atom is 0.344 e. The molecule has 0 saturated heterocycles. The van der Waals surface area contributed by atoms with Crippen LogP contribution in [0.4, 0.5) is 0 Å². The highest BCUT2D eigenvalue weighted by Crippen LogP contribution is 2.24. The lowest BCUT2D eigenvalue weighted by molar-refractivity contribution is 0.0525. The van der Waals surface area contributed by atoms with Crippen LogP contribution in [0.3, 0.4) is 0 Å². The van der Waals surface area contributed by atoms with Gasteiger partial charge < -0.3 is 13.8 Å². The SMILES string of the molecule is CCOC(=O)c1c(-c2cn(C)cn2)noc1C. The van der Waals surface area contributed by atoms with Crippen LogP contribution in [-0.4, -0.2) is 27.3 Å². The van der Waals surface area contributed by atoms with E-state index in [4.69, 9.17) is 9.26 Å². The van der Waals surface area contributed by atoms with Crippen LogP contribution in [0.5, 0.6) is 0 Å². The second kappa shape index (κ2) is 4.40. The first-order chi connectivity index (χ1) is 8.13. The van der Waals surface area contributed by atoms with Crippen LogP contribution in [-0.2, 0) is 11.8 Å². The van der Waals surface area contributed by atoms with Gasteiger partial charge in [0.25, 0.3) is 0 Å². The predicted molar refractivity (Wildman–Crippen MR) is 59.4 cm³/mol. The molecule has 0 aliphatic carbocycles. The fraction of sp³-hybridized carbons (Fsp3) is 0.364. The van der Waals surface area contributed by atoms with E-state index < -0.39 is 5.97 Å². The number of hydrogen-bond donors (Lipinski definition) is 0. The fourth-order valence-corrected chi connectivity index (χ4v) is 1.53. The zero-order valence-corrected chi connectivity index (χ0v) is 9.93. The number of imidazole rings is 1. The largest absolute Gasteiger partial charge is 0.462 e. The normalized spacial score (nSPS) is 10.5. The molecule has 0 N–H and O–H groups in total. The van der Waals surface area contributed by atoms with Gasteiger partial charge in [0, 0.05) is 13.2 Å². The summed E-state index contributed by atoms with van der Waals surface area (Å²) in [6, 6.07) is 0. The van der Waals surface area contributed by atoms with Crippen LogP contribution < -0.4 is 0 Å². The van der Waals surface area contributed by atoms with Crippen molar-refractivity contribution in [1.82, 2.24) is 14.7 Å². The summed E-state index contributed by atoms with van der Waals surface area (Å²) in [6.07, 6.45) is 3.40. The number of aryl methyl sites for hydroxylation is 2. The highest BCUT2D eigenvalue weighted by atomic mass is 16.5. The van der Waals surface area contributed by atoms with Crippen molar-refractivity contribution in [3.63, 3.8) is 0 Å². The molecule has 17 heavy (non-hydrogen) atoms. The average molecular weight is 235 g/mol. The van der Waals surface area contributed by atoms with E-state index >= 15 is 0 Å². The quantitative estimate of drug-likeness (QED) is 0.755. The molecule has 0 spiro atoms. The van der Waals surface area contributed by atoms with Gasteiger partial charge in [-0.2, -0.15) is 0 Å². The Kier molecular flexibility index (Phi) is 2.95. The van der Waals surface area contributed by atoms with E-state index in [2.05, 4.69) is 10.1 Å². The molecule has 0 amide bonds. The molecule has 0 saturated carbocycles. The third-order valence-corrected chi connectivity index (χ3v) is 2.29. The second-order valence-electron chi connectivity index (χ2n) is 3.61. The second-order valence-corrected chi connectivity index (χ2v) is 3.61. The van der Waals surface area contributed by atoms with Gasteiger partial charge >= 0.3 is 5.97 Å². The van der Waals surface area contributed by atoms with Gasteiger partial charge in [-0.1, -0.05) is 5.16 Å². The summed E-state index contributed by atoms with van der Waals surface area (Å²) in [4.78, 5) is 15.9. The van der Waals surface area contributed by atoms with Gasteiger partial charge in [-0.15, -0.1) is 0 Å². The van der Waals surface area contributed by atoms with Gasteiger partial charge in [0.05, 0.1) is 12.9 Å². The summed E-state index contributed by atoms with van der Waals surface area (Å²) >= 11 is 0. The first-order valence-electron chi connectivity index (χ1n) is 5.25. The zero-order valence-electron chi connectivity index (χ0n) is 9.93. The molecule has 6 nitrogen and oxygen atoms in total. The van der Waals surface area contributed by atoms with Gasteiger partial charge in [0.2, 0.25) is 0 Å². The van der Waals surface area contributed by atoms with Crippen LogP contribution in [0.1, 0.15) is 23.0 Å². The van der Waals surface area contributed by atoms with E-state index in [1.807, 2.05) is 7.05 Å². The van der Waals surface area contributed by atoms with Crippen molar-refractivity contribution in [2.24, 2.45) is 7.05 Å². The Morgan fingerprint density at radius 3 is 2.94 bits per heavy atom. The van der Waals surface area contributed by atoms with E-state index in [1.54, 1.807) is 30.9 Å². The Hall–Kier alpha value is -2.11. The van der Waals surface area contributed by atoms with Gasteiger partial charge in [0.1, 0.15) is 22.7 Å². The minimum atomic E-state index is -0.438. The standard InChI is InChI=1S/C11H13N3O3/c1-4-16-11(15)9-7(2)17-13-10(9)8-5-14(3)6-12-8/h5-6H,4H2,1-3H3. The Balaban J connectivity index is 2.45. The first kappa shape index (κ1) is 11.4. The van der Waals surface area contributed by atoms with Crippen molar-refractivity contribution in [2.45, 2.75) is 13.8 Å². The van der Waals surface area contributed by atoms with Gasteiger partial charge in [-0.3, -0.25) is 0 Å². The van der Waals surface area contributed by atoms with Gasteiger partial charge in [-0.25, -0.2) is 9.78 Å². The van der Waals surface area contributed by atoms with E-state index in [0.29, 0.717) is 29.3 Å². The molecule has 2 aromatic heterocycles. The lowest BCUT2D eigenvalue weighted by Crippen LogP contribution is -2.06. The maximum atomic E-state index is 11.8. The average Bonchev–Trinajstić information content (AvgIpc) is 2.85. The van der Waals surface area contributed by atoms with Crippen LogP contribution in [0.2, 0.25) is 0 Å². The van der Waals surface area contributed by atoms with Crippen LogP contribution in [0, 0.1) is 6.92 Å². The first-order valence-corrected chi connectivity index (χ1v) is 5.25. The Labute approximate surface area is 98.2 Å². The van der Waals surface area contributed by atoms with E-state index in [1.165, 1.54) is 0 Å². The smallest absolute Gasteiger partial charge is 0.344 e. The molecule has 6 heteroatoms. The highest BCUT2D eigenvalue weighted by molar-refractivity contribution is 5.96. The summed E-state index contributed by atoms with van der Waals surface area (Å²) < 4.78 is 11.8. The van der Waals surface area contributed by atoms with Crippen molar-refractivity contribution in [3.05, 3.63) is 23.8 Å². The Bertz CT molecular complexity index is 542. The number of hydrogen-bond acceptors (Lipinski definition) is 5. The minimum absolute atomic E-state index is 0.311. The maximum absolute atomic E-state index is 11.8. The molecule has 2 heterocycles. The molecule has 0 fully saturated rings. The minimum Gasteiger partial charge on any atom is -0.462 e. The van der Waals surface area contributed by atoms with Crippen molar-refractivity contribution >= 4 is 5.97 Å². The summed E-state index contributed by atoms with van der Waals surface area (Å²) in [7, 11) is 1.84. The van der Waals surface area contributed by atoms with Crippen molar-refractivity contribution in [3.8, 4) is 11.4 Å². The zero-order chi connectivity index (χ0) is 12.4. The number of aromatic nitrogens is 3. The monoisotopic (exact) mass is 235 g/mol. The highest BCUT2D eigenvalue weighted by Gasteiger charge is 2.23. The molecular weight excluding hydrogens is 222 g/mol. The summed E-state index contributed by atoms with van der Waals surface area (Å²) in [5.74, 6) is -0.00370. The van der Waals surface area contributed by atoms with Gasteiger partial charge in [0.15, 0.2) is 0 Å². The van der Waals surface area contributed by atoms with E-state index in [9.17, 15) is 4.79 Å². The van der Waals surface area contributed by atoms with E-state index in [0.717, 1.165) is 0 Å². The molecule has 90 valence electrons. The summed E-state index contributed by atoms with van der Waals surface area (Å²) in [6.45, 7) is 3.73. The van der Waals surface area contributed by atoms with Crippen LogP contribution in [0.15, 0.2) is 17.0 Å². The third kappa shape index (κ3) is 2.06. The number of carbonyl (C=O) groups is 1. The molecule has 0 bridgehead atoms. The van der Waals surface area contributed by atoms with Crippen molar-refractivity contribution < 1.29 is 14.1 Å². The molecular formula is C11H13N3O3. The number of esters is 1. The lowest BCUT2D eigenvalue weighted by Gasteiger charge is -2.00. The molecule has 0 radical (unpaired) electrons. The number of carbonyl (C=O) groups excluding carboxylic acids is 1. The third-order valence-electron chi connectivity index (χ3n) is 2.29.